The minimum Gasteiger partial charge on any atom is -0.463 e. The minimum absolute atomic E-state index is 0.0104. The van der Waals surface area contributed by atoms with Gasteiger partial charge in [-0.2, -0.15) is 0 Å². The smallest absolute Gasteiger partial charge is 0.377 e. The van der Waals surface area contributed by atoms with Crippen LogP contribution in [0.5, 0.6) is 0 Å². The molecule has 7 nitrogen and oxygen atoms in total. The zero-order chi connectivity index (χ0) is 13.7. The van der Waals surface area contributed by atoms with Crippen LogP contribution in [0.3, 0.4) is 0 Å². The predicted octanol–water partition coefficient (Wildman–Crippen LogP) is 1.27. The number of ether oxygens (including phenoxy) is 1. The Hall–Kier alpha value is -2.44. The Morgan fingerprint density at radius 1 is 1.47 bits per heavy atom. The Labute approximate surface area is 110 Å². The first-order valence-corrected chi connectivity index (χ1v) is 5.96. The van der Waals surface area contributed by atoms with E-state index in [2.05, 4.69) is 32.0 Å². The van der Waals surface area contributed by atoms with Crippen molar-refractivity contribution in [2.24, 2.45) is 0 Å². The molecule has 0 aliphatic heterocycles. The molecule has 100 valence electrons. The highest BCUT2D eigenvalue weighted by molar-refractivity contribution is 5.84. The Morgan fingerprint density at radius 2 is 2.32 bits per heavy atom. The van der Waals surface area contributed by atoms with Gasteiger partial charge in [0, 0.05) is 6.54 Å². The predicted molar refractivity (Wildman–Crippen MR) is 69.3 cm³/mol. The summed E-state index contributed by atoms with van der Waals surface area (Å²) in [6.45, 7) is 2.93. The normalized spacial score (nSPS) is 10.2. The number of anilines is 1. The maximum absolute atomic E-state index is 11.3. The van der Waals surface area contributed by atoms with Crippen LogP contribution in [0.4, 0.5) is 5.82 Å². The van der Waals surface area contributed by atoms with E-state index in [4.69, 9.17) is 0 Å². The molecule has 0 aromatic carbocycles. The third kappa shape index (κ3) is 3.06. The lowest BCUT2D eigenvalue weighted by molar-refractivity contribution is 0.0587. The zero-order valence-electron chi connectivity index (χ0n) is 10.8. The molecule has 0 radical (unpaired) electrons. The van der Waals surface area contributed by atoms with Gasteiger partial charge >= 0.3 is 5.97 Å². The van der Waals surface area contributed by atoms with Crippen LogP contribution in [0, 0.1) is 0 Å². The first-order chi connectivity index (χ1) is 9.24. The van der Waals surface area contributed by atoms with Gasteiger partial charge in [-0.1, -0.05) is 13.0 Å². The van der Waals surface area contributed by atoms with Gasteiger partial charge in [0.25, 0.3) is 5.82 Å². The quantitative estimate of drug-likeness (QED) is 0.816. The van der Waals surface area contributed by atoms with Crippen LogP contribution in [0.15, 0.2) is 24.5 Å². The molecule has 0 amide bonds. The molecule has 0 fully saturated rings. The van der Waals surface area contributed by atoms with E-state index < -0.39 is 5.97 Å². The van der Waals surface area contributed by atoms with Crippen LogP contribution >= 0.6 is 0 Å². The van der Waals surface area contributed by atoms with Crippen molar-refractivity contribution in [2.45, 2.75) is 13.3 Å². The van der Waals surface area contributed by atoms with Crippen LogP contribution < -0.4 is 5.32 Å². The number of hydrogen-bond donors (Lipinski definition) is 1. The average molecular weight is 261 g/mol. The van der Waals surface area contributed by atoms with Crippen molar-refractivity contribution in [1.29, 1.82) is 0 Å². The second kappa shape index (κ2) is 5.94. The molecule has 2 aromatic rings. The number of rotatable bonds is 5. The molecule has 0 bridgehead atoms. The van der Waals surface area contributed by atoms with Gasteiger partial charge in [-0.25, -0.2) is 19.4 Å². The third-order valence-corrected chi connectivity index (χ3v) is 2.39. The van der Waals surface area contributed by atoms with Crippen LogP contribution in [0.25, 0.3) is 5.82 Å². The molecule has 0 unspecified atom stereocenters. The first-order valence-electron chi connectivity index (χ1n) is 5.96. The summed E-state index contributed by atoms with van der Waals surface area (Å²) < 4.78 is 5.99. The maximum Gasteiger partial charge on any atom is 0.377 e. The van der Waals surface area contributed by atoms with Crippen LogP contribution in [-0.4, -0.2) is 39.4 Å². The molecule has 0 aliphatic rings. The third-order valence-electron chi connectivity index (χ3n) is 2.39. The van der Waals surface area contributed by atoms with Gasteiger partial charge < -0.3 is 10.1 Å². The fourth-order valence-corrected chi connectivity index (χ4v) is 1.46. The lowest BCUT2D eigenvalue weighted by atomic mass is 10.4. The molecule has 0 spiro atoms. The van der Waals surface area contributed by atoms with E-state index in [1.807, 2.05) is 12.1 Å². The molecule has 0 saturated heterocycles. The zero-order valence-corrected chi connectivity index (χ0v) is 10.8. The molecular formula is C12H15N5O2. The number of esters is 1. The van der Waals surface area contributed by atoms with Crippen molar-refractivity contribution in [2.75, 3.05) is 19.0 Å². The van der Waals surface area contributed by atoms with Crippen molar-refractivity contribution in [1.82, 2.24) is 19.7 Å². The number of aromatic nitrogens is 4. The Bertz CT molecular complexity index is 567. The fourth-order valence-electron chi connectivity index (χ4n) is 1.46. The SMILES string of the molecule is CCCNc1cccc(-n2cnc(C(=O)OC)n2)n1. The highest BCUT2D eigenvalue weighted by Gasteiger charge is 2.12. The first kappa shape index (κ1) is 13.0. The summed E-state index contributed by atoms with van der Waals surface area (Å²) in [6.07, 6.45) is 2.44. The summed E-state index contributed by atoms with van der Waals surface area (Å²) in [5.74, 6) is 0.786. The monoisotopic (exact) mass is 261 g/mol. The highest BCUT2D eigenvalue weighted by atomic mass is 16.5. The molecule has 0 atom stereocenters. The summed E-state index contributed by atoms with van der Waals surface area (Å²) >= 11 is 0. The summed E-state index contributed by atoms with van der Waals surface area (Å²) in [4.78, 5) is 19.5. The number of carbonyl (C=O) groups is 1. The van der Waals surface area contributed by atoms with Crippen LogP contribution in [-0.2, 0) is 4.74 Å². The topological polar surface area (TPSA) is 81.9 Å². The van der Waals surface area contributed by atoms with Gasteiger partial charge in [0.2, 0.25) is 0 Å². The van der Waals surface area contributed by atoms with Gasteiger partial charge in [0.05, 0.1) is 7.11 Å². The van der Waals surface area contributed by atoms with E-state index in [-0.39, 0.29) is 5.82 Å². The Kier molecular flexibility index (Phi) is 4.07. The highest BCUT2D eigenvalue weighted by Crippen LogP contribution is 2.08. The molecule has 19 heavy (non-hydrogen) atoms. The number of pyridine rings is 1. The van der Waals surface area contributed by atoms with E-state index in [0.29, 0.717) is 5.82 Å². The van der Waals surface area contributed by atoms with Crippen molar-refractivity contribution < 1.29 is 9.53 Å². The molecule has 1 N–H and O–H groups in total. The number of hydrogen-bond acceptors (Lipinski definition) is 6. The second-order valence-corrected chi connectivity index (χ2v) is 3.81. The number of nitrogens with one attached hydrogen (secondary N) is 1. The van der Waals surface area contributed by atoms with Crippen LogP contribution in [0.1, 0.15) is 24.0 Å². The molecule has 7 heteroatoms. The van der Waals surface area contributed by atoms with Gasteiger partial charge in [-0.05, 0) is 18.6 Å². The molecular weight excluding hydrogens is 246 g/mol. The van der Waals surface area contributed by atoms with Gasteiger partial charge in [0.15, 0.2) is 5.82 Å². The molecule has 2 aromatic heterocycles. The molecule has 2 rings (SSSR count). The summed E-state index contributed by atoms with van der Waals surface area (Å²) in [5.41, 5.74) is 0. The standard InChI is InChI=1S/C12H15N5O2/c1-3-7-13-9-5-4-6-10(15-9)17-8-14-11(16-17)12(18)19-2/h4-6,8H,3,7H2,1-2H3,(H,13,15). The van der Waals surface area contributed by atoms with E-state index in [1.54, 1.807) is 6.07 Å². The Morgan fingerprint density at radius 3 is 3.05 bits per heavy atom. The van der Waals surface area contributed by atoms with E-state index >= 15 is 0 Å². The fraction of sp³-hybridized carbons (Fsp3) is 0.333. The van der Waals surface area contributed by atoms with Crippen molar-refractivity contribution >= 4 is 11.8 Å². The van der Waals surface area contributed by atoms with Gasteiger partial charge in [0.1, 0.15) is 12.1 Å². The summed E-state index contributed by atoms with van der Waals surface area (Å²) in [6, 6.07) is 5.52. The number of carbonyl (C=O) groups excluding carboxylic acids is 1. The van der Waals surface area contributed by atoms with Gasteiger partial charge in [-0.15, -0.1) is 5.10 Å². The lowest BCUT2D eigenvalue weighted by Gasteiger charge is -2.05. The summed E-state index contributed by atoms with van der Waals surface area (Å²) in [7, 11) is 1.29. The van der Waals surface area contributed by atoms with E-state index in [0.717, 1.165) is 18.8 Å². The molecule has 2 heterocycles. The largest absolute Gasteiger partial charge is 0.463 e. The number of nitrogens with zero attached hydrogens (tertiary/aromatic N) is 4. The van der Waals surface area contributed by atoms with Crippen molar-refractivity contribution in [3.05, 3.63) is 30.4 Å². The van der Waals surface area contributed by atoms with Crippen LogP contribution in [0.2, 0.25) is 0 Å². The molecule has 0 aliphatic carbocycles. The van der Waals surface area contributed by atoms with Crippen molar-refractivity contribution in [3.8, 4) is 5.82 Å². The Balaban J connectivity index is 2.21. The molecule has 0 saturated carbocycles. The second-order valence-electron chi connectivity index (χ2n) is 3.81. The summed E-state index contributed by atoms with van der Waals surface area (Å²) in [5, 5.41) is 7.19. The maximum atomic E-state index is 11.3. The van der Waals surface area contributed by atoms with Crippen molar-refractivity contribution in [3.63, 3.8) is 0 Å². The minimum atomic E-state index is -0.570. The average Bonchev–Trinajstić information content (AvgIpc) is 2.94. The van der Waals surface area contributed by atoms with E-state index in [1.165, 1.54) is 18.1 Å². The van der Waals surface area contributed by atoms with Gasteiger partial charge in [-0.3, -0.25) is 0 Å². The number of methoxy groups -OCH3 is 1. The van der Waals surface area contributed by atoms with E-state index in [9.17, 15) is 4.79 Å². The lowest BCUT2D eigenvalue weighted by Crippen LogP contribution is -2.07.